The van der Waals surface area contributed by atoms with Crippen LogP contribution in [0, 0.1) is 5.92 Å². The molecule has 1 aromatic carbocycles. The van der Waals surface area contributed by atoms with Gasteiger partial charge in [-0.2, -0.15) is 0 Å². The van der Waals surface area contributed by atoms with E-state index in [-0.39, 0.29) is 0 Å². The van der Waals surface area contributed by atoms with E-state index in [0.29, 0.717) is 5.28 Å². The predicted molar refractivity (Wildman–Crippen MR) is 81.7 cm³/mol. The van der Waals surface area contributed by atoms with Crippen LogP contribution in [0.3, 0.4) is 0 Å². The number of aromatic nitrogens is 3. The van der Waals surface area contributed by atoms with Crippen molar-refractivity contribution < 1.29 is 0 Å². The monoisotopic (exact) mass is 289 g/mol. The van der Waals surface area contributed by atoms with Gasteiger partial charge in [0.25, 0.3) is 0 Å². The molecule has 0 aliphatic heterocycles. The normalized spacial score (nSPS) is 16.4. The second-order valence-corrected chi connectivity index (χ2v) is 5.94. The van der Waals surface area contributed by atoms with Crippen LogP contribution in [0.25, 0.3) is 11.4 Å². The van der Waals surface area contributed by atoms with E-state index in [2.05, 4.69) is 22.3 Å². The van der Waals surface area contributed by atoms with Gasteiger partial charge in [-0.1, -0.05) is 62.4 Å². The topological polar surface area (TPSA) is 30.7 Å². The minimum Gasteiger partial charge on any atom is -0.298 e. The zero-order chi connectivity index (χ0) is 13.8. The van der Waals surface area contributed by atoms with Crippen LogP contribution >= 0.6 is 11.6 Å². The van der Waals surface area contributed by atoms with Crippen LogP contribution in [0.4, 0.5) is 0 Å². The van der Waals surface area contributed by atoms with Crippen molar-refractivity contribution in [2.24, 2.45) is 5.92 Å². The van der Waals surface area contributed by atoms with Gasteiger partial charge < -0.3 is 0 Å². The Morgan fingerprint density at radius 2 is 1.80 bits per heavy atom. The van der Waals surface area contributed by atoms with Crippen LogP contribution in [0.1, 0.15) is 38.5 Å². The Hall–Kier alpha value is -1.35. The fourth-order valence-corrected chi connectivity index (χ4v) is 3.27. The molecule has 1 aromatic heterocycles. The van der Waals surface area contributed by atoms with Gasteiger partial charge in [0.15, 0.2) is 5.82 Å². The highest BCUT2D eigenvalue weighted by Gasteiger charge is 2.16. The lowest BCUT2D eigenvalue weighted by Gasteiger charge is -2.21. The minimum absolute atomic E-state index is 0.500. The third-order valence-corrected chi connectivity index (χ3v) is 4.50. The molecular weight excluding hydrogens is 270 g/mol. The summed E-state index contributed by atoms with van der Waals surface area (Å²) in [5.74, 6) is 1.72. The summed E-state index contributed by atoms with van der Waals surface area (Å²) in [5, 5.41) is 8.77. The van der Waals surface area contributed by atoms with Gasteiger partial charge in [-0.15, -0.1) is 10.2 Å². The third kappa shape index (κ3) is 3.04. The lowest BCUT2D eigenvalue weighted by molar-refractivity contribution is 0.324. The highest BCUT2D eigenvalue weighted by molar-refractivity contribution is 6.28. The molecule has 0 unspecified atom stereocenters. The third-order valence-electron chi connectivity index (χ3n) is 4.22. The predicted octanol–water partition coefficient (Wildman–Crippen LogP) is 4.57. The van der Waals surface area contributed by atoms with E-state index in [1.807, 2.05) is 22.8 Å². The fraction of sp³-hybridized carbons (Fsp3) is 0.500. The Labute approximate surface area is 125 Å². The van der Waals surface area contributed by atoms with Crippen LogP contribution in [-0.2, 0) is 6.54 Å². The Bertz CT molecular complexity index is 544. The van der Waals surface area contributed by atoms with Gasteiger partial charge in [0.1, 0.15) is 0 Å². The maximum Gasteiger partial charge on any atom is 0.225 e. The maximum atomic E-state index is 6.20. The first-order chi connectivity index (χ1) is 9.84. The van der Waals surface area contributed by atoms with Gasteiger partial charge in [0.05, 0.1) is 0 Å². The minimum atomic E-state index is 0.500. The molecule has 1 aliphatic rings. The van der Waals surface area contributed by atoms with Crippen molar-refractivity contribution in [3.05, 3.63) is 35.6 Å². The summed E-state index contributed by atoms with van der Waals surface area (Å²) in [5.41, 5.74) is 1.08. The Balaban J connectivity index is 1.74. The highest BCUT2D eigenvalue weighted by Crippen LogP contribution is 2.28. The van der Waals surface area contributed by atoms with Crippen LogP contribution in [0.2, 0.25) is 5.28 Å². The van der Waals surface area contributed by atoms with Gasteiger partial charge >= 0.3 is 0 Å². The molecule has 0 N–H and O–H groups in total. The molecule has 2 aromatic rings. The van der Waals surface area contributed by atoms with Crippen molar-refractivity contribution in [1.29, 1.82) is 0 Å². The molecule has 4 heteroatoms. The van der Waals surface area contributed by atoms with E-state index >= 15 is 0 Å². The molecule has 1 saturated carbocycles. The highest BCUT2D eigenvalue weighted by atomic mass is 35.5. The summed E-state index contributed by atoms with van der Waals surface area (Å²) < 4.78 is 2.05. The molecule has 20 heavy (non-hydrogen) atoms. The summed E-state index contributed by atoms with van der Waals surface area (Å²) in [4.78, 5) is 0. The van der Waals surface area contributed by atoms with Crippen molar-refractivity contribution in [3.63, 3.8) is 0 Å². The summed E-state index contributed by atoms with van der Waals surface area (Å²) in [6.07, 6.45) is 8.07. The number of hydrogen-bond donors (Lipinski definition) is 0. The second kappa shape index (κ2) is 6.40. The van der Waals surface area contributed by atoms with Gasteiger partial charge in [0.2, 0.25) is 5.28 Å². The average Bonchev–Trinajstić information content (AvgIpc) is 2.88. The molecule has 0 amide bonds. The van der Waals surface area contributed by atoms with E-state index < -0.39 is 0 Å². The Morgan fingerprint density at radius 3 is 2.55 bits per heavy atom. The standard InChI is InChI=1S/C16H20ClN3/c17-16-19-18-15(14-9-5-2-6-10-14)20(16)12-11-13-7-3-1-4-8-13/h2,5-6,9-10,13H,1,3-4,7-8,11-12H2. The molecular formula is C16H20ClN3. The van der Waals surface area contributed by atoms with E-state index in [1.54, 1.807) is 0 Å². The van der Waals surface area contributed by atoms with Crippen LogP contribution in [0.15, 0.2) is 30.3 Å². The first-order valence-corrected chi connectivity index (χ1v) is 7.86. The first kappa shape index (κ1) is 13.6. The summed E-state index contributed by atoms with van der Waals surface area (Å²) >= 11 is 6.20. The smallest absolute Gasteiger partial charge is 0.225 e. The number of halogens is 1. The molecule has 0 atom stereocenters. The SMILES string of the molecule is Clc1nnc(-c2ccccc2)n1CCC1CCCCC1. The van der Waals surface area contributed by atoms with Crippen molar-refractivity contribution in [3.8, 4) is 11.4 Å². The van der Waals surface area contributed by atoms with Crippen molar-refractivity contribution >= 4 is 11.6 Å². The van der Waals surface area contributed by atoms with Gasteiger partial charge in [-0.25, -0.2) is 0 Å². The molecule has 0 spiro atoms. The second-order valence-electron chi connectivity index (χ2n) is 5.60. The molecule has 1 heterocycles. The largest absolute Gasteiger partial charge is 0.298 e. The quantitative estimate of drug-likeness (QED) is 0.825. The van der Waals surface area contributed by atoms with Crippen LogP contribution in [-0.4, -0.2) is 14.8 Å². The summed E-state index contributed by atoms with van der Waals surface area (Å²) in [7, 11) is 0. The number of benzene rings is 1. The average molecular weight is 290 g/mol. The molecule has 106 valence electrons. The Morgan fingerprint density at radius 1 is 1.05 bits per heavy atom. The zero-order valence-corrected chi connectivity index (χ0v) is 12.4. The number of nitrogens with zero attached hydrogens (tertiary/aromatic N) is 3. The van der Waals surface area contributed by atoms with E-state index in [0.717, 1.165) is 23.9 Å². The van der Waals surface area contributed by atoms with Crippen LogP contribution in [0.5, 0.6) is 0 Å². The lowest BCUT2D eigenvalue weighted by atomic mass is 9.87. The van der Waals surface area contributed by atoms with Crippen molar-refractivity contribution in [2.45, 2.75) is 45.1 Å². The summed E-state index contributed by atoms with van der Waals surface area (Å²) in [6.45, 7) is 0.917. The van der Waals surface area contributed by atoms with E-state index in [1.165, 1.54) is 38.5 Å². The molecule has 0 radical (unpaired) electrons. The number of hydrogen-bond acceptors (Lipinski definition) is 2. The number of rotatable bonds is 4. The Kier molecular flexibility index (Phi) is 4.36. The summed E-state index contributed by atoms with van der Waals surface area (Å²) in [6, 6.07) is 10.1. The zero-order valence-electron chi connectivity index (χ0n) is 11.6. The molecule has 3 nitrogen and oxygen atoms in total. The maximum absolute atomic E-state index is 6.20. The van der Waals surface area contributed by atoms with E-state index in [4.69, 9.17) is 11.6 Å². The lowest BCUT2D eigenvalue weighted by Crippen LogP contribution is -2.11. The van der Waals surface area contributed by atoms with Gasteiger partial charge in [0, 0.05) is 12.1 Å². The fourth-order valence-electron chi connectivity index (χ4n) is 3.07. The van der Waals surface area contributed by atoms with E-state index in [9.17, 15) is 0 Å². The molecule has 0 bridgehead atoms. The van der Waals surface area contributed by atoms with Crippen molar-refractivity contribution in [1.82, 2.24) is 14.8 Å². The molecule has 0 saturated heterocycles. The first-order valence-electron chi connectivity index (χ1n) is 7.49. The van der Waals surface area contributed by atoms with Gasteiger partial charge in [-0.3, -0.25) is 4.57 Å². The van der Waals surface area contributed by atoms with Crippen LogP contribution < -0.4 is 0 Å². The van der Waals surface area contributed by atoms with Gasteiger partial charge in [-0.05, 0) is 23.9 Å². The molecule has 3 rings (SSSR count). The molecule has 1 fully saturated rings. The van der Waals surface area contributed by atoms with Crippen molar-refractivity contribution in [2.75, 3.05) is 0 Å². The molecule has 1 aliphatic carbocycles.